The van der Waals surface area contributed by atoms with Crippen LogP contribution in [0.1, 0.15) is 25.7 Å². The van der Waals surface area contributed by atoms with Crippen LogP contribution in [-0.2, 0) is 0 Å². The van der Waals surface area contributed by atoms with Gasteiger partial charge in [0.2, 0.25) is 0 Å². The van der Waals surface area contributed by atoms with Crippen LogP contribution in [0, 0.1) is 0 Å². The fourth-order valence-electron chi connectivity index (χ4n) is 2.92. The van der Waals surface area contributed by atoms with Gasteiger partial charge < -0.3 is 10.1 Å². The first-order chi connectivity index (χ1) is 10.2. The van der Waals surface area contributed by atoms with Crippen LogP contribution in [0.15, 0.2) is 18.2 Å². The number of hydrogen-bond donors (Lipinski definition) is 1. The van der Waals surface area contributed by atoms with E-state index >= 15 is 0 Å². The third kappa shape index (κ3) is 4.49. The molecule has 1 atom stereocenters. The highest BCUT2D eigenvalue weighted by Crippen LogP contribution is 2.29. The van der Waals surface area contributed by atoms with E-state index in [-0.39, 0.29) is 0 Å². The Hall–Kier alpha value is -0.480. The summed E-state index contributed by atoms with van der Waals surface area (Å²) in [5.74, 6) is 0.718. The van der Waals surface area contributed by atoms with Crippen LogP contribution in [0.3, 0.4) is 0 Å². The molecular weight excluding hydrogens is 307 g/mol. The Balaban J connectivity index is 1.47. The van der Waals surface area contributed by atoms with Crippen molar-refractivity contribution in [3.8, 4) is 5.75 Å². The molecule has 5 heteroatoms. The number of benzene rings is 1. The Labute approximate surface area is 136 Å². The Morgan fingerprint density at radius 1 is 1.24 bits per heavy atom. The molecule has 1 aliphatic carbocycles. The van der Waals surface area contributed by atoms with Crippen LogP contribution >= 0.6 is 23.2 Å². The van der Waals surface area contributed by atoms with Gasteiger partial charge in [-0.3, -0.25) is 4.90 Å². The summed E-state index contributed by atoms with van der Waals surface area (Å²) in [5, 5.41) is 4.79. The van der Waals surface area contributed by atoms with Crippen LogP contribution in [0.2, 0.25) is 10.0 Å². The number of nitrogens with zero attached hydrogens (tertiary/aromatic N) is 1. The van der Waals surface area contributed by atoms with Crippen LogP contribution in [0.4, 0.5) is 0 Å². The van der Waals surface area contributed by atoms with E-state index in [2.05, 4.69) is 10.2 Å². The van der Waals surface area contributed by atoms with Gasteiger partial charge in [0.1, 0.15) is 12.4 Å². The molecule has 2 aliphatic rings. The lowest BCUT2D eigenvalue weighted by Gasteiger charge is -2.25. The van der Waals surface area contributed by atoms with E-state index in [1.54, 1.807) is 6.07 Å². The second-order valence-corrected chi connectivity index (χ2v) is 6.79. The van der Waals surface area contributed by atoms with Crippen LogP contribution in [0.5, 0.6) is 5.75 Å². The third-order valence-electron chi connectivity index (χ3n) is 4.21. The normalized spacial score (nSPS) is 22.0. The van der Waals surface area contributed by atoms with Crippen molar-refractivity contribution in [3.63, 3.8) is 0 Å². The van der Waals surface area contributed by atoms with Gasteiger partial charge in [-0.2, -0.15) is 0 Å². The summed E-state index contributed by atoms with van der Waals surface area (Å²) >= 11 is 12.0. The molecule has 21 heavy (non-hydrogen) atoms. The molecule has 1 aliphatic heterocycles. The second-order valence-electron chi connectivity index (χ2n) is 5.94. The number of ether oxygens (including phenoxy) is 1. The molecule has 1 unspecified atom stereocenters. The summed E-state index contributed by atoms with van der Waals surface area (Å²) in [7, 11) is 0. The Morgan fingerprint density at radius 3 is 2.76 bits per heavy atom. The van der Waals surface area contributed by atoms with E-state index < -0.39 is 0 Å². The Morgan fingerprint density at radius 2 is 2.10 bits per heavy atom. The predicted molar refractivity (Wildman–Crippen MR) is 87.6 cm³/mol. The maximum atomic E-state index is 6.12. The quantitative estimate of drug-likeness (QED) is 0.827. The Kier molecular flexibility index (Phi) is 5.28. The molecule has 0 radical (unpaired) electrons. The SMILES string of the molecule is Clc1ccc(OCCN(CC2CCCN2)C2CC2)c(Cl)c1. The van der Waals surface area contributed by atoms with E-state index in [0.717, 1.165) is 24.9 Å². The molecule has 1 aromatic carbocycles. The first-order valence-corrected chi connectivity index (χ1v) is 8.53. The molecule has 1 saturated carbocycles. The summed E-state index contributed by atoms with van der Waals surface area (Å²) in [6.45, 7) is 3.94. The highest BCUT2D eigenvalue weighted by molar-refractivity contribution is 6.35. The van der Waals surface area contributed by atoms with Gasteiger partial charge >= 0.3 is 0 Å². The molecule has 1 saturated heterocycles. The van der Waals surface area contributed by atoms with Gasteiger partial charge in [0.05, 0.1) is 5.02 Å². The average Bonchev–Trinajstić information content (AvgIpc) is 3.18. The van der Waals surface area contributed by atoms with Crippen molar-refractivity contribution >= 4 is 23.2 Å². The summed E-state index contributed by atoms with van der Waals surface area (Å²) < 4.78 is 5.81. The fourth-order valence-corrected chi connectivity index (χ4v) is 3.39. The van der Waals surface area contributed by atoms with Crippen molar-refractivity contribution in [2.24, 2.45) is 0 Å². The lowest BCUT2D eigenvalue weighted by Crippen LogP contribution is -2.40. The predicted octanol–water partition coefficient (Wildman–Crippen LogP) is 3.59. The first-order valence-electron chi connectivity index (χ1n) is 7.77. The largest absolute Gasteiger partial charge is 0.491 e. The van der Waals surface area contributed by atoms with Crippen molar-refractivity contribution in [3.05, 3.63) is 28.2 Å². The zero-order valence-corrected chi connectivity index (χ0v) is 13.7. The summed E-state index contributed by atoms with van der Waals surface area (Å²) in [5.41, 5.74) is 0. The maximum Gasteiger partial charge on any atom is 0.138 e. The fraction of sp³-hybridized carbons (Fsp3) is 0.625. The standard InChI is InChI=1S/C16H22Cl2N2O/c17-12-3-6-16(15(18)10-12)21-9-8-20(14-4-5-14)11-13-2-1-7-19-13/h3,6,10,13-14,19H,1-2,4-5,7-9,11H2. The molecular formula is C16H22Cl2N2O. The highest BCUT2D eigenvalue weighted by Gasteiger charge is 2.31. The van der Waals surface area contributed by atoms with E-state index in [1.807, 2.05) is 12.1 Å². The van der Waals surface area contributed by atoms with Gasteiger partial charge in [-0.05, 0) is 50.4 Å². The minimum Gasteiger partial charge on any atom is -0.491 e. The van der Waals surface area contributed by atoms with Crippen molar-refractivity contribution in [2.75, 3.05) is 26.2 Å². The van der Waals surface area contributed by atoms with Gasteiger partial charge in [-0.25, -0.2) is 0 Å². The van der Waals surface area contributed by atoms with Crippen molar-refractivity contribution in [1.29, 1.82) is 0 Å². The number of nitrogens with one attached hydrogen (secondary N) is 1. The third-order valence-corrected chi connectivity index (χ3v) is 4.74. The van der Waals surface area contributed by atoms with Gasteiger partial charge in [0, 0.05) is 30.2 Å². The molecule has 0 amide bonds. The van der Waals surface area contributed by atoms with E-state index in [9.17, 15) is 0 Å². The zero-order chi connectivity index (χ0) is 14.7. The molecule has 1 aromatic rings. The molecule has 3 nitrogen and oxygen atoms in total. The van der Waals surface area contributed by atoms with Crippen molar-refractivity contribution < 1.29 is 4.74 Å². The summed E-state index contributed by atoms with van der Waals surface area (Å²) in [4.78, 5) is 2.56. The number of hydrogen-bond acceptors (Lipinski definition) is 3. The Bertz CT molecular complexity index is 473. The minimum atomic E-state index is 0.581. The molecule has 1 N–H and O–H groups in total. The lowest BCUT2D eigenvalue weighted by molar-refractivity contribution is 0.189. The monoisotopic (exact) mass is 328 g/mol. The molecule has 2 fully saturated rings. The molecule has 0 aromatic heterocycles. The van der Waals surface area contributed by atoms with Crippen LogP contribution in [0.25, 0.3) is 0 Å². The van der Waals surface area contributed by atoms with E-state index in [0.29, 0.717) is 22.7 Å². The smallest absolute Gasteiger partial charge is 0.138 e. The minimum absolute atomic E-state index is 0.581. The number of halogens is 2. The molecule has 3 rings (SSSR count). The number of rotatable bonds is 7. The topological polar surface area (TPSA) is 24.5 Å². The highest BCUT2D eigenvalue weighted by atomic mass is 35.5. The molecule has 0 bridgehead atoms. The zero-order valence-electron chi connectivity index (χ0n) is 12.2. The van der Waals surface area contributed by atoms with Crippen molar-refractivity contribution in [1.82, 2.24) is 10.2 Å². The molecule has 116 valence electrons. The van der Waals surface area contributed by atoms with Gasteiger partial charge in [0.15, 0.2) is 0 Å². The average molecular weight is 329 g/mol. The van der Waals surface area contributed by atoms with Crippen LogP contribution in [-0.4, -0.2) is 43.2 Å². The first kappa shape index (κ1) is 15.4. The second kappa shape index (κ2) is 7.19. The van der Waals surface area contributed by atoms with Gasteiger partial charge in [-0.1, -0.05) is 23.2 Å². The van der Waals surface area contributed by atoms with E-state index in [1.165, 1.54) is 32.2 Å². The van der Waals surface area contributed by atoms with Gasteiger partial charge in [-0.15, -0.1) is 0 Å². The summed E-state index contributed by atoms with van der Waals surface area (Å²) in [6.07, 6.45) is 5.26. The van der Waals surface area contributed by atoms with Crippen molar-refractivity contribution in [2.45, 2.75) is 37.8 Å². The molecule has 1 heterocycles. The van der Waals surface area contributed by atoms with Crippen LogP contribution < -0.4 is 10.1 Å². The van der Waals surface area contributed by atoms with Gasteiger partial charge in [0.25, 0.3) is 0 Å². The maximum absolute atomic E-state index is 6.12. The summed E-state index contributed by atoms with van der Waals surface area (Å²) in [6, 6.07) is 6.79. The molecule has 0 spiro atoms. The lowest BCUT2D eigenvalue weighted by atomic mass is 10.2. The van der Waals surface area contributed by atoms with E-state index in [4.69, 9.17) is 27.9 Å².